The summed E-state index contributed by atoms with van der Waals surface area (Å²) in [5, 5.41) is 2.85. The highest BCUT2D eigenvalue weighted by Gasteiger charge is 2.31. The third-order valence-electron chi connectivity index (χ3n) is 4.34. The van der Waals surface area contributed by atoms with Crippen molar-refractivity contribution in [3.8, 4) is 0 Å². The molecule has 7 nitrogen and oxygen atoms in total. The second-order valence-corrected chi connectivity index (χ2v) is 6.54. The molecule has 1 fully saturated rings. The van der Waals surface area contributed by atoms with Gasteiger partial charge in [-0.25, -0.2) is 19.9 Å². The summed E-state index contributed by atoms with van der Waals surface area (Å²) in [6.45, 7) is 8.71. The Kier molecular flexibility index (Phi) is 4.92. The van der Waals surface area contributed by atoms with E-state index in [4.69, 9.17) is 4.98 Å². The molecule has 1 N–H and O–H groups in total. The van der Waals surface area contributed by atoms with Crippen LogP contribution in [0.25, 0.3) is 0 Å². The van der Waals surface area contributed by atoms with Gasteiger partial charge >= 0.3 is 0 Å². The van der Waals surface area contributed by atoms with E-state index in [2.05, 4.69) is 25.2 Å². The molecule has 0 saturated carbocycles. The summed E-state index contributed by atoms with van der Waals surface area (Å²) in [7, 11) is 0. The van der Waals surface area contributed by atoms with Gasteiger partial charge in [-0.1, -0.05) is 0 Å². The summed E-state index contributed by atoms with van der Waals surface area (Å²) < 4.78 is 0. The first-order valence-electron chi connectivity index (χ1n) is 8.60. The van der Waals surface area contributed by atoms with Crippen LogP contribution in [-0.4, -0.2) is 32.4 Å². The first-order chi connectivity index (χ1) is 11.9. The highest BCUT2D eigenvalue weighted by Crippen LogP contribution is 2.35. The van der Waals surface area contributed by atoms with Crippen molar-refractivity contribution in [2.45, 2.75) is 53.1 Å². The number of rotatable bonds is 4. The minimum Gasteiger partial charge on any atom is -0.352 e. The number of carbonyl (C=O) groups is 1. The van der Waals surface area contributed by atoms with Crippen molar-refractivity contribution in [1.29, 1.82) is 0 Å². The number of anilines is 1. The molecule has 0 bridgehead atoms. The first-order valence-corrected chi connectivity index (χ1v) is 8.60. The maximum Gasteiger partial charge on any atom is 0.226 e. The van der Waals surface area contributed by atoms with Crippen LogP contribution in [0.15, 0.2) is 12.3 Å². The average molecular weight is 340 g/mol. The van der Waals surface area contributed by atoms with Crippen LogP contribution in [0, 0.1) is 20.8 Å². The SMILES string of the molecule is CC(=O)NCc1cnc(C)nc1[C@H]1CCCN1c1nc(C)cc(C)n1. The Morgan fingerprint density at radius 1 is 1.24 bits per heavy atom. The summed E-state index contributed by atoms with van der Waals surface area (Å²) in [4.78, 5) is 31.8. The monoisotopic (exact) mass is 340 g/mol. The number of nitrogens with one attached hydrogen (secondary N) is 1. The molecule has 132 valence electrons. The zero-order chi connectivity index (χ0) is 18.0. The Morgan fingerprint density at radius 2 is 1.96 bits per heavy atom. The van der Waals surface area contributed by atoms with Gasteiger partial charge in [0.05, 0.1) is 11.7 Å². The second kappa shape index (κ2) is 7.13. The van der Waals surface area contributed by atoms with Gasteiger partial charge in [-0.3, -0.25) is 4.79 Å². The molecular formula is C18H24N6O. The molecule has 0 spiro atoms. The number of aryl methyl sites for hydroxylation is 3. The van der Waals surface area contributed by atoms with Gasteiger partial charge in [-0.2, -0.15) is 0 Å². The number of hydrogen-bond donors (Lipinski definition) is 1. The van der Waals surface area contributed by atoms with Crippen LogP contribution in [0.4, 0.5) is 5.95 Å². The largest absolute Gasteiger partial charge is 0.352 e. The van der Waals surface area contributed by atoms with Crippen molar-refractivity contribution in [3.05, 3.63) is 40.7 Å². The third kappa shape index (κ3) is 3.92. The van der Waals surface area contributed by atoms with Crippen molar-refractivity contribution in [2.24, 2.45) is 0 Å². The predicted molar refractivity (Wildman–Crippen MR) is 95.1 cm³/mol. The van der Waals surface area contributed by atoms with Crippen LogP contribution in [0.3, 0.4) is 0 Å². The summed E-state index contributed by atoms with van der Waals surface area (Å²) in [6.07, 6.45) is 3.86. The molecule has 1 aliphatic rings. The van der Waals surface area contributed by atoms with E-state index < -0.39 is 0 Å². The van der Waals surface area contributed by atoms with Crippen molar-refractivity contribution in [3.63, 3.8) is 0 Å². The Balaban J connectivity index is 1.96. The van der Waals surface area contributed by atoms with E-state index in [1.54, 1.807) is 0 Å². The fraction of sp³-hybridized carbons (Fsp3) is 0.500. The molecule has 2 aromatic rings. The highest BCUT2D eigenvalue weighted by molar-refractivity contribution is 5.72. The topological polar surface area (TPSA) is 83.9 Å². The maximum atomic E-state index is 11.3. The minimum absolute atomic E-state index is 0.0626. The Labute approximate surface area is 147 Å². The van der Waals surface area contributed by atoms with Crippen LogP contribution >= 0.6 is 0 Å². The second-order valence-electron chi connectivity index (χ2n) is 6.54. The standard InChI is InChI=1S/C18H24N6O/c1-11-8-12(2)22-18(21-11)24-7-5-6-16(24)17-15(10-20-14(4)25)9-19-13(3)23-17/h8-9,16H,5-7,10H2,1-4H3,(H,20,25)/t16-/m1/s1. The van der Waals surface area contributed by atoms with Crippen LogP contribution in [0.1, 0.15) is 54.3 Å². The van der Waals surface area contributed by atoms with Gasteiger partial charge in [-0.15, -0.1) is 0 Å². The van der Waals surface area contributed by atoms with E-state index in [1.165, 1.54) is 6.92 Å². The Bertz CT molecular complexity index is 771. The number of aromatic nitrogens is 4. The predicted octanol–water partition coefficient (Wildman–Crippen LogP) is 2.17. The molecule has 0 radical (unpaired) electrons. The van der Waals surface area contributed by atoms with Crippen LogP contribution in [0.2, 0.25) is 0 Å². The van der Waals surface area contributed by atoms with Gasteiger partial charge in [0, 0.05) is 43.2 Å². The highest BCUT2D eigenvalue weighted by atomic mass is 16.1. The van der Waals surface area contributed by atoms with E-state index in [1.807, 2.05) is 33.0 Å². The summed E-state index contributed by atoms with van der Waals surface area (Å²) >= 11 is 0. The lowest BCUT2D eigenvalue weighted by atomic mass is 10.1. The molecule has 0 aromatic carbocycles. The van der Waals surface area contributed by atoms with Crippen molar-refractivity contribution in [1.82, 2.24) is 25.3 Å². The van der Waals surface area contributed by atoms with Gasteiger partial charge in [0.1, 0.15) is 5.82 Å². The van der Waals surface area contributed by atoms with Gasteiger partial charge < -0.3 is 10.2 Å². The summed E-state index contributed by atoms with van der Waals surface area (Å²) in [6, 6.07) is 2.08. The maximum absolute atomic E-state index is 11.3. The lowest BCUT2D eigenvalue weighted by Gasteiger charge is -2.26. The summed E-state index contributed by atoms with van der Waals surface area (Å²) in [5.41, 5.74) is 3.83. The zero-order valence-corrected chi connectivity index (χ0v) is 15.2. The number of hydrogen-bond acceptors (Lipinski definition) is 6. The molecule has 25 heavy (non-hydrogen) atoms. The zero-order valence-electron chi connectivity index (χ0n) is 15.2. The number of nitrogens with zero attached hydrogens (tertiary/aromatic N) is 5. The molecular weight excluding hydrogens is 316 g/mol. The van der Waals surface area contributed by atoms with E-state index in [0.717, 1.165) is 53.8 Å². The molecule has 1 amide bonds. The molecule has 0 aliphatic carbocycles. The molecule has 3 rings (SSSR count). The fourth-order valence-corrected chi connectivity index (χ4v) is 3.28. The first kappa shape index (κ1) is 17.3. The molecule has 1 saturated heterocycles. The van der Waals surface area contributed by atoms with Gasteiger partial charge in [0.2, 0.25) is 11.9 Å². The van der Waals surface area contributed by atoms with Gasteiger partial charge in [0.25, 0.3) is 0 Å². The lowest BCUT2D eigenvalue weighted by Crippen LogP contribution is -2.28. The lowest BCUT2D eigenvalue weighted by molar-refractivity contribution is -0.119. The molecule has 0 unspecified atom stereocenters. The normalized spacial score (nSPS) is 17.0. The van der Waals surface area contributed by atoms with Gasteiger partial charge in [-0.05, 0) is 39.7 Å². The molecule has 7 heteroatoms. The Morgan fingerprint density at radius 3 is 2.64 bits per heavy atom. The van der Waals surface area contributed by atoms with Gasteiger partial charge in [0.15, 0.2) is 0 Å². The molecule has 2 aromatic heterocycles. The van der Waals surface area contributed by atoms with E-state index >= 15 is 0 Å². The van der Waals surface area contributed by atoms with Crippen molar-refractivity contribution in [2.75, 3.05) is 11.4 Å². The summed E-state index contributed by atoms with van der Waals surface area (Å²) in [5.74, 6) is 1.42. The van der Waals surface area contributed by atoms with Crippen LogP contribution in [-0.2, 0) is 11.3 Å². The minimum atomic E-state index is -0.0626. The van der Waals surface area contributed by atoms with Crippen molar-refractivity contribution < 1.29 is 4.79 Å². The number of carbonyl (C=O) groups excluding carboxylic acids is 1. The molecule has 3 heterocycles. The number of amides is 1. The third-order valence-corrected chi connectivity index (χ3v) is 4.34. The van der Waals surface area contributed by atoms with E-state index in [9.17, 15) is 4.79 Å². The fourth-order valence-electron chi connectivity index (χ4n) is 3.28. The molecule has 1 aliphatic heterocycles. The van der Waals surface area contributed by atoms with Crippen LogP contribution in [0.5, 0.6) is 0 Å². The van der Waals surface area contributed by atoms with E-state index in [-0.39, 0.29) is 11.9 Å². The smallest absolute Gasteiger partial charge is 0.226 e. The molecule has 1 atom stereocenters. The van der Waals surface area contributed by atoms with E-state index in [0.29, 0.717) is 6.54 Å². The quantitative estimate of drug-likeness (QED) is 0.918. The van der Waals surface area contributed by atoms with Crippen molar-refractivity contribution >= 4 is 11.9 Å². The Hall–Kier alpha value is -2.57. The average Bonchev–Trinajstić information content (AvgIpc) is 3.02. The van der Waals surface area contributed by atoms with Crippen LogP contribution < -0.4 is 10.2 Å².